The second-order valence-corrected chi connectivity index (χ2v) is 10.5. The van der Waals surface area contributed by atoms with E-state index in [0.29, 0.717) is 39.3 Å². The topological polar surface area (TPSA) is 59.4 Å². The van der Waals surface area contributed by atoms with Gasteiger partial charge in [0.15, 0.2) is 5.78 Å². The van der Waals surface area contributed by atoms with Gasteiger partial charge in [-0.2, -0.15) is 0 Å². The van der Waals surface area contributed by atoms with Crippen molar-refractivity contribution in [2.45, 2.75) is 19.8 Å². The molecule has 1 aliphatic heterocycles. The summed E-state index contributed by atoms with van der Waals surface area (Å²) in [5, 5.41) is 0. The Balaban J connectivity index is 1.63. The molecule has 0 saturated carbocycles. The van der Waals surface area contributed by atoms with E-state index in [0.717, 1.165) is 22.5 Å². The van der Waals surface area contributed by atoms with Crippen molar-refractivity contribution in [3.8, 4) is 5.69 Å². The Labute approximate surface area is 237 Å². The number of anilines is 2. The summed E-state index contributed by atoms with van der Waals surface area (Å²) in [5.74, 6) is -1.20. The average molecular weight is 535 g/mol. The fraction of sp³-hybridized carbons (Fsp3) is 0.0833. The number of carbonyl (C=O) groups is 2. The number of fused-ring (bicyclic) bond motifs is 2. The van der Waals surface area contributed by atoms with E-state index in [2.05, 4.69) is 0 Å². The van der Waals surface area contributed by atoms with Crippen LogP contribution in [-0.2, 0) is 0 Å². The fourth-order valence-electron chi connectivity index (χ4n) is 6.16. The zero-order chi connectivity index (χ0) is 28.2. The van der Waals surface area contributed by atoms with Crippen LogP contribution in [0.15, 0.2) is 131 Å². The van der Waals surface area contributed by atoms with Crippen molar-refractivity contribution in [1.82, 2.24) is 4.57 Å². The van der Waals surface area contributed by atoms with Gasteiger partial charge >= 0.3 is 0 Å². The van der Waals surface area contributed by atoms with Crippen molar-refractivity contribution in [2.75, 3.05) is 4.90 Å². The summed E-state index contributed by atoms with van der Waals surface area (Å²) in [4.78, 5) is 45.3. The predicted octanol–water partition coefficient (Wildman–Crippen LogP) is 7.07. The van der Waals surface area contributed by atoms with Gasteiger partial charge in [0.1, 0.15) is 5.70 Å². The Morgan fingerprint density at radius 1 is 0.610 bits per heavy atom. The van der Waals surface area contributed by atoms with Crippen LogP contribution in [-0.4, -0.2) is 16.1 Å². The minimum absolute atomic E-state index is 0.219. The van der Waals surface area contributed by atoms with Gasteiger partial charge < -0.3 is 4.90 Å². The van der Waals surface area contributed by atoms with Crippen LogP contribution in [0.5, 0.6) is 0 Å². The van der Waals surface area contributed by atoms with E-state index in [-0.39, 0.29) is 17.1 Å². The molecule has 1 atom stereocenters. The van der Waals surface area contributed by atoms with E-state index in [1.165, 1.54) is 0 Å². The second kappa shape index (κ2) is 9.42. The SMILES string of the molecule is Cc1ccc(C2C3=C(C(=O)c4ccccc4C3=O)N(c3ccccc3)c3cc(C)n(-c4ccccc4)c(=O)c32)cc1. The first-order chi connectivity index (χ1) is 20.0. The van der Waals surface area contributed by atoms with Crippen LogP contribution in [0.2, 0.25) is 0 Å². The number of hydrogen-bond acceptors (Lipinski definition) is 4. The largest absolute Gasteiger partial charge is 0.306 e. The summed E-state index contributed by atoms with van der Waals surface area (Å²) < 4.78 is 1.69. The molecule has 2 heterocycles. The first-order valence-electron chi connectivity index (χ1n) is 13.6. The minimum Gasteiger partial charge on any atom is -0.306 e. The number of aryl methyl sites for hydroxylation is 2. The molecule has 7 rings (SSSR count). The molecule has 41 heavy (non-hydrogen) atoms. The van der Waals surface area contributed by atoms with E-state index in [9.17, 15) is 14.4 Å². The minimum atomic E-state index is -0.728. The maximum atomic E-state index is 14.7. The van der Waals surface area contributed by atoms with E-state index in [4.69, 9.17) is 0 Å². The molecule has 0 amide bonds. The Morgan fingerprint density at radius 3 is 1.80 bits per heavy atom. The monoisotopic (exact) mass is 534 g/mol. The van der Waals surface area contributed by atoms with Crippen molar-refractivity contribution >= 4 is 22.9 Å². The van der Waals surface area contributed by atoms with Crippen molar-refractivity contribution < 1.29 is 9.59 Å². The van der Waals surface area contributed by atoms with Gasteiger partial charge in [-0.25, -0.2) is 0 Å². The number of benzene rings is 4. The lowest BCUT2D eigenvalue weighted by Crippen LogP contribution is -2.41. The number of para-hydroxylation sites is 2. The molecule has 5 aromatic rings. The molecule has 2 aliphatic rings. The first-order valence-corrected chi connectivity index (χ1v) is 13.6. The van der Waals surface area contributed by atoms with Crippen LogP contribution < -0.4 is 10.5 Å². The molecule has 0 bridgehead atoms. The van der Waals surface area contributed by atoms with Gasteiger partial charge in [0.05, 0.1) is 11.3 Å². The summed E-state index contributed by atoms with van der Waals surface area (Å²) in [7, 11) is 0. The highest BCUT2D eigenvalue weighted by Crippen LogP contribution is 2.50. The third-order valence-corrected chi connectivity index (χ3v) is 8.02. The van der Waals surface area contributed by atoms with Crippen LogP contribution in [0, 0.1) is 13.8 Å². The third-order valence-electron chi connectivity index (χ3n) is 8.02. The number of allylic oxidation sites excluding steroid dienone is 2. The number of Topliss-reactive ketones (excluding diaryl/α,β-unsaturated/α-hetero) is 2. The Hall–Kier alpha value is -5.29. The summed E-state index contributed by atoms with van der Waals surface area (Å²) >= 11 is 0. The number of nitrogens with zero attached hydrogens (tertiary/aromatic N) is 2. The van der Waals surface area contributed by atoms with Gasteiger partial charge in [0.2, 0.25) is 5.78 Å². The van der Waals surface area contributed by atoms with E-state index < -0.39 is 5.92 Å². The molecule has 1 aromatic heterocycles. The van der Waals surface area contributed by atoms with Gasteiger partial charge in [0, 0.05) is 39.7 Å². The number of carbonyl (C=O) groups excluding carboxylic acids is 2. The number of ketones is 2. The number of pyridine rings is 1. The van der Waals surface area contributed by atoms with Crippen LogP contribution in [0.1, 0.15) is 49.0 Å². The smallest absolute Gasteiger partial charge is 0.261 e. The number of hydrogen-bond donors (Lipinski definition) is 0. The maximum absolute atomic E-state index is 14.7. The summed E-state index contributed by atoms with van der Waals surface area (Å²) in [6, 6.07) is 35.8. The molecule has 0 saturated heterocycles. The van der Waals surface area contributed by atoms with Gasteiger partial charge in [-0.05, 0) is 49.7 Å². The van der Waals surface area contributed by atoms with E-state index in [1.54, 1.807) is 28.8 Å². The molecule has 0 radical (unpaired) electrons. The molecule has 198 valence electrons. The van der Waals surface area contributed by atoms with E-state index in [1.807, 2.05) is 110 Å². The molecular weight excluding hydrogens is 508 g/mol. The Bertz CT molecular complexity index is 1950. The normalized spacial score (nSPS) is 15.9. The zero-order valence-corrected chi connectivity index (χ0v) is 22.7. The molecule has 1 aliphatic carbocycles. The zero-order valence-electron chi connectivity index (χ0n) is 22.7. The molecule has 5 nitrogen and oxygen atoms in total. The van der Waals surface area contributed by atoms with Crippen LogP contribution in [0.4, 0.5) is 11.4 Å². The standard InChI is InChI=1S/C36H26N2O3/c1-22-17-19-24(20-18-22)30-31-29(21-23(2)37(36(31)41)25-11-5-3-6-12-25)38(26-13-7-4-8-14-26)33-32(30)34(39)27-15-9-10-16-28(27)35(33)40/h3-21,30H,1-2H3. The summed E-state index contributed by atoms with van der Waals surface area (Å²) in [6.45, 7) is 3.89. The Kier molecular flexibility index (Phi) is 5.68. The molecule has 0 spiro atoms. The third kappa shape index (κ3) is 3.74. The highest BCUT2D eigenvalue weighted by atomic mass is 16.1. The molecule has 0 N–H and O–H groups in total. The average Bonchev–Trinajstić information content (AvgIpc) is 3.00. The number of rotatable bonds is 3. The molecular formula is C36H26N2O3. The van der Waals surface area contributed by atoms with Gasteiger partial charge in [-0.15, -0.1) is 0 Å². The summed E-state index contributed by atoms with van der Waals surface area (Å²) in [5.41, 5.74) is 6.24. The fourth-order valence-corrected chi connectivity index (χ4v) is 6.16. The van der Waals surface area contributed by atoms with Gasteiger partial charge in [-0.3, -0.25) is 19.0 Å². The van der Waals surface area contributed by atoms with Crippen molar-refractivity contribution in [2.24, 2.45) is 0 Å². The Morgan fingerprint density at radius 2 is 1.17 bits per heavy atom. The highest BCUT2D eigenvalue weighted by Gasteiger charge is 2.46. The van der Waals surface area contributed by atoms with Crippen molar-refractivity contribution in [3.05, 3.63) is 170 Å². The van der Waals surface area contributed by atoms with Gasteiger partial charge in [-0.1, -0.05) is 90.5 Å². The quantitative estimate of drug-likeness (QED) is 0.248. The van der Waals surface area contributed by atoms with Crippen LogP contribution >= 0.6 is 0 Å². The highest BCUT2D eigenvalue weighted by molar-refractivity contribution is 6.30. The molecule has 0 fully saturated rings. The first kappa shape index (κ1) is 24.7. The van der Waals surface area contributed by atoms with Crippen molar-refractivity contribution in [3.63, 3.8) is 0 Å². The second-order valence-electron chi connectivity index (χ2n) is 10.5. The lowest BCUT2D eigenvalue weighted by Gasteiger charge is -2.40. The number of aromatic nitrogens is 1. The molecule has 5 heteroatoms. The molecule has 4 aromatic carbocycles. The van der Waals surface area contributed by atoms with Gasteiger partial charge in [0.25, 0.3) is 5.56 Å². The lowest BCUT2D eigenvalue weighted by atomic mass is 9.72. The van der Waals surface area contributed by atoms with Crippen LogP contribution in [0.3, 0.4) is 0 Å². The predicted molar refractivity (Wildman–Crippen MR) is 161 cm³/mol. The van der Waals surface area contributed by atoms with Crippen molar-refractivity contribution in [1.29, 1.82) is 0 Å². The van der Waals surface area contributed by atoms with Crippen LogP contribution in [0.25, 0.3) is 5.69 Å². The summed E-state index contributed by atoms with van der Waals surface area (Å²) in [6.07, 6.45) is 0. The maximum Gasteiger partial charge on any atom is 0.261 e. The lowest BCUT2D eigenvalue weighted by molar-refractivity contribution is 0.0968. The molecule has 1 unspecified atom stereocenters. The van der Waals surface area contributed by atoms with E-state index >= 15 is 0 Å².